The Kier molecular flexibility index (Phi) is 11.3. The largest absolute Gasteiger partial charge is 0.497 e. The van der Waals surface area contributed by atoms with Gasteiger partial charge in [-0.25, -0.2) is 0 Å². The summed E-state index contributed by atoms with van der Waals surface area (Å²) in [6.07, 6.45) is 2.14. The van der Waals surface area contributed by atoms with E-state index in [1.807, 2.05) is 19.1 Å². The molecule has 4 aromatic rings. The molecule has 0 spiro atoms. The lowest BCUT2D eigenvalue weighted by atomic mass is 10.1. The Morgan fingerprint density at radius 3 is 2.30 bits per heavy atom. The fourth-order valence-corrected chi connectivity index (χ4v) is 5.41. The highest BCUT2D eigenvalue weighted by molar-refractivity contribution is 8.00. The Morgan fingerprint density at radius 1 is 0.884 bits per heavy atom. The summed E-state index contributed by atoms with van der Waals surface area (Å²) in [7, 11) is 1.57. The zero-order valence-corrected chi connectivity index (χ0v) is 25.7. The summed E-state index contributed by atoms with van der Waals surface area (Å²) in [6, 6.07) is 27.8. The average Bonchev–Trinajstić information content (AvgIpc) is 3.01. The molecule has 43 heavy (non-hydrogen) atoms. The maximum atomic E-state index is 13.5. The fraction of sp³-hybridized carbons (Fsp3) is 0.121. The van der Waals surface area contributed by atoms with Crippen LogP contribution >= 0.6 is 35.0 Å². The highest BCUT2D eigenvalue weighted by Crippen LogP contribution is 2.31. The Hall–Kier alpha value is -4.24. The van der Waals surface area contributed by atoms with Crippen LogP contribution in [0.3, 0.4) is 0 Å². The third kappa shape index (κ3) is 9.12. The van der Waals surface area contributed by atoms with Crippen molar-refractivity contribution < 1.29 is 19.1 Å². The second kappa shape index (κ2) is 15.3. The van der Waals surface area contributed by atoms with Crippen LogP contribution in [0, 0.1) is 0 Å². The normalized spacial score (nSPS) is 11.8. The van der Waals surface area contributed by atoms with Crippen molar-refractivity contribution in [3.63, 3.8) is 0 Å². The molecule has 7 nitrogen and oxygen atoms in total. The van der Waals surface area contributed by atoms with Crippen molar-refractivity contribution in [3.8, 4) is 5.75 Å². The number of amides is 3. The lowest BCUT2D eigenvalue weighted by Gasteiger charge is -2.16. The molecule has 3 N–H and O–H groups in total. The average molecular weight is 635 g/mol. The maximum Gasteiger partial charge on any atom is 0.272 e. The van der Waals surface area contributed by atoms with Gasteiger partial charge < -0.3 is 20.7 Å². The number of anilines is 2. The van der Waals surface area contributed by atoms with Crippen molar-refractivity contribution >= 4 is 70.1 Å². The topological polar surface area (TPSA) is 96.5 Å². The standard InChI is InChI=1S/C33H29Cl2N3O4S/c1-3-30(33(41)37-28-17-14-23(34)19-27(28)35)43-26-11-7-10-24(20-26)36-32(40)29(18-21-12-15-25(42-2)16-13-21)38-31(39)22-8-5-4-6-9-22/h4-20,30H,3H2,1-2H3,(H,36,40)(H,37,41)(H,38,39)/b29-18+. The lowest BCUT2D eigenvalue weighted by Crippen LogP contribution is -2.30. The molecule has 1 unspecified atom stereocenters. The van der Waals surface area contributed by atoms with Crippen LogP contribution in [0.2, 0.25) is 10.0 Å². The maximum absolute atomic E-state index is 13.5. The third-order valence-corrected chi connectivity index (χ3v) is 8.08. The second-order valence-electron chi connectivity index (χ2n) is 9.26. The van der Waals surface area contributed by atoms with Crippen LogP contribution in [-0.4, -0.2) is 30.1 Å². The Bertz CT molecular complexity index is 1630. The summed E-state index contributed by atoms with van der Waals surface area (Å²) in [6.45, 7) is 1.91. The molecule has 10 heteroatoms. The molecule has 0 heterocycles. The number of ether oxygens (including phenoxy) is 1. The predicted molar refractivity (Wildman–Crippen MR) is 175 cm³/mol. The minimum atomic E-state index is -0.510. The number of hydrogen-bond acceptors (Lipinski definition) is 5. The van der Waals surface area contributed by atoms with E-state index in [1.165, 1.54) is 11.8 Å². The van der Waals surface area contributed by atoms with Gasteiger partial charge in [-0.15, -0.1) is 11.8 Å². The number of hydrogen-bond donors (Lipinski definition) is 3. The molecule has 0 fully saturated rings. The van der Waals surface area contributed by atoms with E-state index >= 15 is 0 Å². The quantitative estimate of drug-likeness (QED) is 0.115. The number of halogens is 2. The van der Waals surface area contributed by atoms with Crippen molar-refractivity contribution in [3.05, 3.63) is 124 Å². The molecule has 4 aromatic carbocycles. The number of benzene rings is 4. The van der Waals surface area contributed by atoms with Crippen LogP contribution in [-0.2, 0) is 9.59 Å². The molecule has 0 bridgehead atoms. The highest BCUT2D eigenvalue weighted by atomic mass is 35.5. The van der Waals surface area contributed by atoms with Gasteiger partial charge in [0.1, 0.15) is 11.4 Å². The van der Waals surface area contributed by atoms with Crippen molar-refractivity contribution in [2.45, 2.75) is 23.5 Å². The number of nitrogens with one attached hydrogen (secondary N) is 3. The SMILES string of the molecule is CCC(Sc1cccc(NC(=O)/C(=C\c2ccc(OC)cc2)NC(=O)c2ccccc2)c1)C(=O)Nc1ccc(Cl)cc1Cl. The summed E-state index contributed by atoms with van der Waals surface area (Å²) in [4.78, 5) is 40.2. The second-order valence-corrected chi connectivity index (χ2v) is 11.4. The number of carbonyl (C=O) groups is 3. The summed E-state index contributed by atoms with van der Waals surface area (Å²) < 4.78 is 5.22. The van der Waals surface area contributed by atoms with E-state index in [2.05, 4.69) is 16.0 Å². The van der Waals surface area contributed by atoms with Gasteiger partial charge in [-0.05, 0) is 78.7 Å². The fourth-order valence-electron chi connectivity index (χ4n) is 3.95. The van der Waals surface area contributed by atoms with E-state index in [0.29, 0.717) is 44.7 Å². The molecule has 220 valence electrons. The van der Waals surface area contributed by atoms with Gasteiger partial charge in [0.05, 0.1) is 23.1 Å². The number of methoxy groups -OCH3 is 1. The van der Waals surface area contributed by atoms with Gasteiger partial charge in [0.15, 0.2) is 0 Å². The first kappa shape index (κ1) is 31.7. The van der Waals surface area contributed by atoms with E-state index < -0.39 is 17.1 Å². The van der Waals surface area contributed by atoms with Gasteiger partial charge in [-0.1, -0.05) is 66.5 Å². The van der Waals surface area contributed by atoms with Gasteiger partial charge in [-0.3, -0.25) is 14.4 Å². The van der Waals surface area contributed by atoms with Crippen molar-refractivity contribution in [2.24, 2.45) is 0 Å². The van der Waals surface area contributed by atoms with Gasteiger partial charge in [-0.2, -0.15) is 0 Å². The molecule has 0 aliphatic rings. The molecule has 1 atom stereocenters. The van der Waals surface area contributed by atoms with Gasteiger partial charge in [0, 0.05) is 21.2 Å². The smallest absolute Gasteiger partial charge is 0.272 e. The third-order valence-electron chi connectivity index (χ3n) is 6.18. The highest BCUT2D eigenvalue weighted by Gasteiger charge is 2.20. The zero-order valence-electron chi connectivity index (χ0n) is 23.4. The number of rotatable bonds is 11. The molecule has 0 aliphatic carbocycles. The van der Waals surface area contributed by atoms with Crippen molar-refractivity contribution in [1.82, 2.24) is 5.32 Å². The minimum Gasteiger partial charge on any atom is -0.497 e. The summed E-state index contributed by atoms with van der Waals surface area (Å²) >= 11 is 13.6. The first-order chi connectivity index (χ1) is 20.7. The first-order valence-electron chi connectivity index (χ1n) is 13.3. The van der Waals surface area contributed by atoms with Crippen LogP contribution in [0.5, 0.6) is 5.75 Å². The first-order valence-corrected chi connectivity index (χ1v) is 15.0. The molecule has 0 radical (unpaired) electrons. The molecule has 0 saturated heterocycles. The van der Waals surface area contributed by atoms with Crippen LogP contribution in [0.25, 0.3) is 6.08 Å². The summed E-state index contributed by atoms with van der Waals surface area (Å²) in [5, 5.41) is 8.86. The molecule has 4 rings (SSSR count). The van der Waals surface area contributed by atoms with E-state index in [-0.39, 0.29) is 11.6 Å². The number of thioether (sulfide) groups is 1. The van der Waals surface area contributed by atoms with E-state index in [4.69, 9.17) is 27.9 Å². The predicted octanol–water partition coefficient (Wildman–Crippen LogP) is 7.92. The van der Waals surface area contributed by atoms with Crippen LogP contribution < -0.4 is 20.7 Å². The van der Waals surface area contributed by atoms with Gasteiger partial charge in [0.2, 0.25) is 5.91 Å². The van der Waals surface area contributed by atoms with E-state index in [0.717, 1.165) is 4.90 Å². The van der Waals surface area contributed by atoms with Crippen LogP contribution in [0.1, 0.15) is 29.3 Å². The molecule has 3 amide bonds. The number of carbonyl (C=O) groups excluding carboxylic acids is 3. The Labute approximate surface area is 264 Å². The summed E-state index contributed by atoms with van der Waals surface area (Å²) in [5.41, 5.74) is 2.15. The Morgan fingerprint density at radius 2 is 1.63 bits per heavy atom. The lowest BCUT2D eigenvalue weighted by molar-refractivity contribution is -0.116. The minimum absolute atomic E-state index is 0.0581. The van der Waals surface area contributed by atoms with E-state index in [9.17, 15) is 14.4 Å². The van der Waals surface area contributed by atoms with E-state index in [1.54, 1.807) is 98.1 Å². The van der Waals surface area contributed by atoms with Gasteiger partial charge in [0.25, 0.3) is 11.8 Å². The zero-order chi connectivity index (χ0) is 30.8. The Balaban J connectivity index is 1.50. The molecule has 0 aliphatic heterocycles. The molecular weight excluding hydrogens is 605 g/mol. The summed E-state index contributed by atoms with van der Waals surface area (Å²) in [5.74, 6) is -0.470. The molecule has 0 saturated carbocycles. The van der Waals surface area contributed by atoms with Crippen LogP contribution in [0.4, 0.5) is 11.4 Å². The van der Waals surface area contributed by atoms with Crippen molar-refractivity contribution in [1.29, 1.82) is 0 Å². The van der Waals surface area contributed by atoms with Gasteiger partial charge >= 0.3 is 0 Å². The monoisotopic (exact) mass is 633 g/mol. The molecule has 0 aromatic heterocycles. The van der Waals surface area contributed by atoms with Crippen LogP contribution in [0.15, 0.2) is 108 Å². The molecular formula is C33H29Cl2N3O4S. The van der Waals surface area contributed by atoms with Crippen molar-refractivity contribution in [2.75, 3.05) is 17.7 Å².